The average Bonchev–Trinajstić information content (AvgIpc) is 2.56. The van der Waals surface area contributed by atoms with Crippen LogP contribution < -0.4 is 15.4 Å². The summed E-state index contributed by atoms with van der Waals surface area (Å²) in [7, 11) is 0. The molecule has 0 heterocycles. The molecule has 2 N–H and O–H groups in total. The van der Waals surface area contributed by atoms with Crippen LogP contribution in [0.15, 0.2) is 18.2 Å². The highest BCUT2D eigenvalue weighted by Gasteiger charge is 2.18. The first kappa shape index (κ1) is 24.6. The molecule has 0 unspecified atom stereocenters. The van der Waals surface area contributed by atoms with Crippen molar-refractivity contribution in [3.8, 4) is 5.75 Å². The SMILES string of the molecule is CC(C)(C)OC(=O)COc1cc(CNC(=O)OC(C)(C)C)ccc1NC(=O)CCl. The predicted molar refractivity (Wildman–Crippen MR) is 110 cm³/mol. The van der Waals surface area contributed by atoms with E-state index in [0.29, 0.717) is 11.3 Å². The predicted octanol–water partition coefficient (Wildman–Crippen LogP) is 3.61. The molecule has 0 saturated carbocycles. The number of halogens is 1. The third-order valence-electron chi connectivity index (χ3n) is 3.04. The molecule has 9 heteroatoms. The Kier molecular flexibility index (Phi) is 8.76. The smallest absolute Gasteiger partial charge is 0.407 e. The summed E-state index contributed by atoms with van der Waals surface area (Å²) in [4.78, 5) is 35.4. The minimum Gasteiger partial charge on any atom is -0.480 e. The molecule has 0 atom stereocenters. The third-order valence-corrected chi connectivity index (χ3v) is 3.29. The lowest BCUT2D eigenvalue weighted by molar-refractivity contribution is -0.157. The monoisotopic (exact) mass is 428 g/mol. The van der Waals surface area contributed by atoms with E-state index in [1.807, 2.05) is 0 Å². The summed E-state index contributed by atoms with van der Waals surface area (Å²) in [5.74, 6) is -0.955. The lowest BCUT2D eigenvalue weighted by atomic mass is 10.2. The molecular formula is C20H29ClN2O6. The van der Waals surface area contributed by atoms with Crippen LogP contribution in [0.3, 0.4) is 0 Å². The van der Waals surface area contributed by atoms with Crippen LogP contribution in [0.5, 0.6) is 5.75 Å². The molecule has 162 valence electrons. The molecule has 0 spiro atoms. The van der Waals surface area contributed by atoms with Gasteiger partial charge in [-0.2, -0.15) is 0 Å². The first-order chi connectivity index (χ1) is 13.3. The molecule has 0 aliphatic carbocycles. The fourth-order valence-electron chi connectivity index (χ4n) is 2.08. The van der Waals surface area contributed by atoms with E-state index >= 15 is 0 Å². The van der Waals surface area contributed by atoms with Crippen LogP contribution >= 0.6 is 11.6 Å². The van der Waals surface area contributed by atoms with E-state index < -0.39 is 29.2 Å². The van der Waals surface area contributed by atoms with Crippen molar-refractivity contribution in [1.82, 2.24) is 5.32 Å². The molecule has 8 nitrogen and oxygen atoms in total. The van der Waals surface area contributed by atoms with Gasteiger partial charge in [-0.05, 0) is 59.2 Å². The Labute approximate surface area is 176 Å². The first-order valence-electron chi connectivity index (χ1n) is 9.09. The maximum absolute atomic E-state index is 11.9. The third kappa shape index (κ3) is 10.6. The molecule has 2 amide bonds. The molecule has 0 aliphatic rings. The van der Waals surface area contributed by atoms with Gasteiger partial charge in [-0.1, -0.05) is 6.07 Å². The van der Waals surface area contributed by atoms with E-state index in [9.17, 15) is 14.4 Å². The van der Waals surface area contributed by atoms with E-state index in [0.717, 1.165) is 0 Å². The summed E-state index contributed by atoms with van der Waals surface area (Å²) in [6.45, 7) is 10.4. The Morgan fingerprint density at radius 2 is 1.62 bits per heavy atom. The van der Waals surface area contributed by atoms with E-state index in [-0.39, 0.29) is 24.8 Å². The van der Waals surface area contributed by atoms with Crippen LogP contribution in [0.2, 0.25) is 0 Å². The maximum atomic E-state index is 11.9. The zero-order valence-electron chi connectivity index (χ0n) is 17.7. The Morgan fingerprint density at radius 3 is 2.17 bits per heavy atom. The van der Waals surface area contributed by atoms with Crippen LogP contribution in [0.1, 0.15) is 47.1 Å². The van der Waals surface area contributed by atoms with Gasteiger partial charge in [-0.15, -0.1) is 11.6 Å². The van der Waals surface area contributed by atoms with E-state index in [1.165, 1.54) is 0 Å². The van der Waals surface area contributed by atoms with Crippen molar-refractivity contribution in [2.24, 2.45) is 0 Å². The van der Waals surface area contributed by atoms with E-state index in [4.69, 9.17) is 25.8 Å². The second-order valence-corrected chi connectivity index (χ2v) is 8.51. The highest BCUT2D eigenvalue weighted by Crippen LogP contribution is 2.26. The van der Waals surface area contributed by atoms with Crippen LogP contribution in [0, 0.1) is 0 Å². The average molecular weight is 429 g/mol. The quantitative estimate of drug-likeness (QED) is 0.508. The molecule has 0 radical (unpaired) electrons. The topological polar surface area (TPSA) is 103 Å². The molecule has 0 aliphatic heterocycles. The van der Waals surface area contributed by atoms with Crippen LogP contribution in [0.25, 0.3) is 0 Å². The Bertz CT molecular complexity index is 737. The van der Waals surface area contributed by atoms with Gasteiger partial charge in [0.05, 0.1) is 5.69 Å². The number of ether oxygens (including phenoxy) is 3. The number of benzene rings is 1. The normalized spacial score (nSPS) is 11.4. The van der Waals surface area contributed by atoms with Gasteiger partial charge in [-0.25, -0.2) is 9.59 Å². The minimum absolute atomic E-state index is 0.168. The highest BCUT2D eigenvalue weighted by atomic mass is 35.5. The number of hydrogen-bond acceptors (Lipinski definition) is 6. The number of carbonyl (C=O) groups excluding carboxylic acids is 3. The number of anilines is 1. The standard InChI is InChI=1S/C20H29ClN2O6/c1-19(2,3)28-17(25)12-27-15-9-13(7-8-14(15)23-16(24)10-21)11-22-18(26)29-20(4,5)6/h7-9H,10-12H2,1-6H3,(H,22,26)(H,23,24). The summed E-state index contributed by atoms with van der Waals surface area (Å²) in [6.07, 6.45) is -0.562. The Balaban J connectivity index is 2.87. The Hall–Kier alpha value is -2.48. The molecule has 29 heavy (non-hydrogen) atoms. The number of hydrogen-bond donors (Lipinski definition) is 2. The number of rotatable bonds is 7. The van der Waals surface area contributed by atoms with Crippen LogP contribution in [0.4, 0.5) is 10.5 Å². The molecular weight excluding hydrogens is 400 g/mol. The van der Waals surface area contributed by atoms with Crippen LogP contribution in [-0.2, 0) is 25.6 Å². The first-order valence-corrected chi connectivity index (χ1v) is 9.63. The zero-order valence-corrected chi connectivity index (χ0v) is 18.4. The van der Waals surface area contributed by atoms with E-state index in [2.05, 4.69) is 10.6 Å². The second kappa shape index (κ2) is 10.3. The van der Waals surface area contributed by atoms with Crippen molar-refractivity contribution in [1.29, 1.82) is 0 Å². The van der Waals surface area contributed by atoms with Gasteiger partial charge >= 0.3 is 12.1 Å². The van der Waals surface area contributed by atoms with E-state index in [1.54, 1.807) is 59.7 Å². The van der Waals surface area contributed by atoms with Gasteiger partial charge in [0.2, 0.25) is 5.91 Å². The molecule has 0 aromatic heterocycles. The summed E-state index contributed by atoms with van der Waals surface area (Å²) in [6, 6.07) is 4.90. The van der Waals surface area contributed by atoms with Crippen molar-refractivity contribution in [2.45, 2.75) is 59.3 Å². The van der Waals surface area contributed by atoms with Gasteiger partial charge < -0.3 is 24.8 Å². The van der Waals surface area contributed by atoms with Crippen molar-refractivity contribution in [3.63, 3.8) is 0 Å². The summed E-state index contributed by atoms with van der Waals surface area (Å²) >= 11 is 5.53. The summed E-state index contributed by atoms with van der Waals surface area (Å²) in [5, 5.41) is 5.23. The number of carbonyl (C=O) groups is 3. The Morgan fingerprint density at radius 1 is 1.00 bits per heavy atom. The van der Waals surface area contributed by atoms with Crippen molar-refractivity contribution < 1.29 is 28.6 Å². The second-order valence-electron chi connectivity index (χ2n) is 8.24. The summed E-state index contributed by atoms with van der Waals surface area (Å²) < 4.78 is 15.9. The van der Waals surface area contributed by atoms with Crippen LogP contribution in [-0.4, -0.2) is 41.7 Å². The molecule has 1 aromatic rings. The molecule has 0 saturated heterocycles. The molecule has 1 rings (SSSR count). The molecule has 1 aromatic carbocycles. The van der Waals surface area contributed by atoms with Gasteiger partial charge in [0.25, 0.3) is 0 Å². The van der Waals surface area contributed by atoms with Gasteiger partial charge in [0.1, 0.15) is 22.8 Å². The number of alkyl halides is 1. The zero-order chi connectivity index (χ0) is 22.2. The number of esters is 1. The number of alkyl carbamates (subject to hydrolysis) is 1. The number of amides is 2. The van der Waals surface area contributed by atoms with Gasteiger partial charge in [0.15, 0.2) is 6.61 Å². The van der Waals surface area contributed by atoms with Crippen molar-refractivity contribution in [2.75, 3.05) is 17.8 Å². The lowest BCUT2D eigenvalue weighted by Gasteiger charge is -2.20. The maximum Gasteiger partial charge on any atom is 0.407 e. The van der Waals surface area contributed by atoms with Gasteiger partial charge in [-0.3, -0.25) is 4.79 Å². The molecule has 0 bridgehead atoms. The fraction of sp³-hybridized carbons (Fsp3) is 0.550. The lowest BCUT2D eigenvalue weighted by Crippen LogP contribution is -2.32. The molecule has 0 fully saturated rings. The van der Waals surface area contributed by atoms with Crippen molar-refractivity contribution >= 4 is 35.3 Å². The van der Waals surface area contributed by atoms with Gasteiger partial charge in [0, 0.05) is 6.54 Å². The number of nitrogens with one attached hydrogen (secondary N) is 2. The largest absolute Gasteiger partial charge is 0.480 e. The highest BCUT2D eigenvalue weighted by molar-refractivity contribution is 6.29. The summed E-state index contributed by atoms with van der Waals surface area (Å²) in [5.41, 5.74) is -0.226. The fourth-order valence-corrected chi connectivity index (χ4v) is 2.15. The van der Waals surface area contributed by atoms with Crippen molar-refractivity contribution in [3.05, 3.63) is 23.8 Å². The minimum atomic E-state index is -0.644.